The van der Waals surface area contributed by atoms with Crippen molar-refractivity contribution in [1.29, 1.82) is 0 Å². The summed E-state index contributed by atoms with van der Waals surface area (Å²) >= 11 is 35.1. The maximum Gasteiger partial charge on any atom is 0.239 e. The van der Waals surface area contributed by atoms with Gasteiger partial charge in [-0.2, -0.15) is 0 Å². The molecule has 0 aliphatic heterocycles. The van der Waals surface area contributed by atoms with Crippen molar-refractivity contribution in [3.8, 4) is 0 Å². The molecule has 0 radical (unpaired) electrons. The SMILES string of the molecule is CN(NCCC(=O)NN(C)C(=S)c1cc(Cl)ccc1Cl)C(=S)c1cc(Cl)ccc1Cl. The lowest BCUT2D eigenvalue weighted by atomic mass is 10.2. The Morgan fingerprint density at radius 3 is 1.83 bits per heavy atom. The molecule has 160 valence electrons. The van der Waals surface area contributed by atoms with Crippen LogP contribution in [-0.4, -0.2) is 46.5 Å². The first-order chi connectivity index (χ1) is 14.1. The number of rotatable bonds is 6. The van der Waals surface area contributed by atoms with Gasteiger partial charge in [-0.25, -0.2) is 5.43 Å². The van der Waals surface area contributed by atoms with Gasteiger partial charge in [0, 0.05) is 48.2 Å². The van der Waals surface area contributed by atoms with Crippen molar-refractivity contribution < 1.29 is 4.79 Å². The Balaban J connectivity index is 1.85. The molecule has 2 aromatic rings. The van der Waals surface area contributed by atoms with Crippen molar-refractivity contribution >= 4 is 86.7 Å². The van der Waals surface area contributed by atoms with Crippen LogP contribution in [0, 0.1) is 0 Å². The Kier molecular flexibility index (Phi) is 9.56. The number of hydrazine groups is 2. The Hall–Kier alpha value is -1.19. The van der Waals surface area contributed by atoms with E-state index in [-0.39, 0.29) is 12.3 Å². The molecule has 1 amide bonds. The van der Waals surface area contributed by atoms with Crippen LogP contribution in [0.3, 0.4) is 0 Å². The minimum Gasteiger partial charge on any atom is -0.301 e. The zero-order valence-electron chi connectivity index (χ0n) is 16.0. The molecule has 0 atom stereocenters. The Labute approximate surface area is 206 Å². The standard InChI is InChI=1S/C19H18Cl4N4OS2/c1-26(18(29)13-9-11(20)3-5-15(13)22)24-8-7-17(28)25-27(2)19(30)14-10-12(21)4-6-16(14)23/h3-6,9-10,24H,7-8H2,1-2H3,(H,25,28). The van der Waals surface area contributed by atoms with E-state index in [1.807, 2.05) is 0 Å². The number of hydrogen-bond donors (Lipinski definition) is 2. The summed E-state index contributed by atoms with van der Waals surface area (Å²) < 4.78 is 0. The van der Waals surface area contributed by atoms with E-state index >= 15 is 0 Å². The number of carbonyl (C=O) groups is 1. The third-order valence-corrected chi connectivity index (χ3v) is 6.04. The molecule has 0 aliphatic carbocycles. The number of nitrogens with zero attached hydrogens (tertiary/aromatic N) is 2. The molecule has 30 heavy (non-hydrogen) atoms. The third-order valence-electron chi connectivity index (χ3n) is 3.92. The lowest BCUT2D eigenvalue weighted by molar-refractivity contribution is -0.123. The second-order valence-electron chi connectivity index (χ2n) is 6.17. The van der Waals surface area contributed by atoms with E-state index in [1.54, 1.807) is 55.5 Å². The molecular weight excluding hydrogens is 506 g/mol. The van der Waals surface area contributed by atoms with Gasteiger partial charge in [-0.05, 0) is 36.4 Å². The van der Waals surface area contributed by atoms with Crippen LogP contribution in [0.25, 0.3) is 0 Å². The van der Waals surface area contributed by atoms with Crippen LogP contribution in [0.4, 0.5) is 0 Å². The van der Waals surface area contributed by atoms with Crippen molar-refractivity contribution in [2.75, 3.05) is 20.6 Å². The number of amides is 1. The van der Waals surface area contributed by atoms with Gasteiger partial charge in [0.2, 0.25) is 5.91 Å². The maximum atomic E-state index is 12.3. The second-order valence-corrected chi connectivity index (χ2v) is 8.63. The molecule has 0 aromatic heterocycles. The van der Waals surface area contributed by atoms with E-state index in [9.17, 15) is 4.79 Å². The van der Waals surface area contributed by atoms with Crippen molar-refractivity contribution in [2.45, 2.75) is 6.42 Å². The van der Waals surface area contributed by atoms with E-state index in [0.29, 0.717) is 47.7 Å². The van der Waals surface area contributed by atoms with Gasteiger partial charge in [0.15, 0.2) is 0 Å². The summed E-state index contributed by atoms with van der Waals surface area (Å²) in [5.41, 5.74) is 6.93. The molecule has 2 aromatic carbocycles. The number of halogens is 4. The predicted molar refractivity (Wildman–Crippen MR) is 133 cm³/mol. The lowest BCUT2D eigenvalue weighted by Gasteiger charge is -2.24. The highest BCUT2D eigenvalue weighted by molar-refractivity contribution is 7.81. The highest BCUT2D eigenvalue weighted by Crippen LogP contribution is 2.23. The van der Waals surface area contributed by atoms with Crippen LogP contribution in [0.15, 0.2) is 36.4 Å². The molecule has 0 fully saturated rings. The molecule has 5 nitrogen and oxygen atoms in total. The molecule has 2 N–H and O–H groups in total. The molecule has 2 rings (SSSR count). The van der Waals surface area contributed by atoms with E-state index < -0.39 is 0 Å². The topological polar surface area (TPSA) is 47.6 Å². The maximum absolute atomic E-state index is 12.3. The summed E-state index contributed by atoms with van der Waals surface area (Å²) in [7, 11) is 3.37. The lowest BCUT2D eigenvalue weighted by Crippen LogP contribution is -2.45. The quantitative estimate of drug-likeness (QED) is 0.403. The normalized spacial score (nSPS) is 10.5. The molecule has 0 saturated heterocycles. The van der Waals surface area contributed by atoms with Crippen LogP contribution in [0.1, 0.15) is 17.5 Å². The van der Waals surface area contributed by atoms with Gasteiger partial charge in [0.05, 0.1) is 10.0 Å². The first kappa shape index (κ1) is 25.1. The summed E-state index contributed by atoms with van der Waals surface area (Å²) in [4.78, 5) is 13.1. The van der Waals surface area contributed by atoms with Crippen LogP contribution in [-0.2, 0) is 4.79 Å². The molecular formula is C19H18Cl4N4OS2. The van der Waals surface area contributed by atoms with E-state index in [4.69, 9.17) is 70.8 Å². The largest absolute Gasteiger partial charge is 0.301 e. The third kappa shape index (κ3) is 6.92. The fourth-order valence-electron chi connectivity index (χ4n) is 2.39. The van der Waals surface area contributed by atoms with Crippen LogP contribution < -0.4 is 10.9 Å². The van der Waals surface area contributed by atoms with Crippen molar-refractivity contribution in [3.63, 3.8) is 0 Å². The first-order valence-corrected chi connectivity index (χ1v) is 10.9. The molecule has 0 aliphatic rings. The number of thiocarbonyl (C=S) groups is 2. The van der Waals surface area contributed by atoms with Crippen LogP contribution in [0.2, 0.25) is 20.1 Å². The Morgan fingerprint density at radius 2 is 1.33 bits per heavy atom. The number of hydrogen-bond acceptors (Lipinski definition) is 4. The van der Waals surface area contributed by atoms with Crippen LogP contribution in [0.5, 0.6) is 0 Å². The summed E-state index contributed by atoms with van der Waals surface area (Å²) in [6.45, 7) is 0.333. The second kappa shape index (κ2) is 11.4. The fourth-order valence-corrected chi connectivity index (χ4v) is 3.71. The number of carbonyl (C=O) groups excluding carboxylic acids is 1. The van der Waals surface area contributed by atoms with Crippen LogP contribution >= 0.6 is 70.8 Å². The van der Waals surface area contributed by atoms with E-state index in [0.717, 1.165) is 0 Å². The van der Waals surface area contributed by atoms with Gasteiger partial charge in [-0.1, -0.05) is 70.8 Å². The molecule has 0 bridgehead atoms. The smallest absolute Gasteiger partial charge is 0.239 e. The van der Waals surface area contributed by atoms with Gasteiger partial charge < -0.3 is 5.01 Å². The van der Waals surface area contributed by atoms with Gasteiger partial charge in [0.25, 0.3) is 0 Å². The molecule has 11 heteroatoms. The average Bonchev–Trinajstić information content (AvgIpc) is 2.70. The minimum absolute atomic E-state index is 0.173. The van der Waals surface area contributed by atoms with E-state index in [1.165, 1.54) is 5.01 Å². The van der Waals surface area contributed by atoms with Crippen molar-refractivity contribution in [1.82, 2.24) is 20.9 Å². The van der Waals surface area contributed by atoms with Gasteiger partial charge >= 0.3 is 0 Å². The molecule has 0 spiro atoms. The zero-order valence-corrected chi connectivity index (χ0v) is 20.7. The van der Waals surface area contributed by atoms with Gasteiger partial charge in [-0.15, -0.1) is 0 Å². The molecule has 0 saturated carbocycles. The predicted octanol–water partition coefficient (Wildman–Crippen LogP) is 5.14. The highest BCUT2D eigenvalue weighted by Gasteiger charge is 2.15. The van der Waals surface area contributed by atoms with Crippen molar-refractivity contribution in [2.24, 2.45) is 0 Å². The average molecular weight is 524 g/mol. The number of benzene rings is 2. The Bertz CT molecular complexity index is 974. The first-order valence-electron chi connectivity index (χ1n) is 8.59. The van der Waals surface area contributed by atoms with Crippen molar-refractivity contribution in [3.05, 3.63) is 67.6 Å². The summed E-state index contributed by atoms with van der Waals surface area (Å²) in [6, 6.07) is 10.0. The highest BCUT2D eigenvalue weighted by atomic mass is 35.5. The Morgan fingerprint density at radius 1 is 0.867 bits per heavy atom. The fraction of sp³-hybridized carbons (Fsp3) is 0.211. The summed E-state index contributed by atoms with van der Waals surface area (Å²) in [5.74, 6) is -0.245. The van der Waals surface area contributed by atoms with E-state index in [2.05, 4.69) is 10.9 Å². The zero-order chi connectivity index (χ0) is 22.4. The minimum atomic E-state index is -0.245. The number of nitrogens with one attached hydrogen (secondary N) is 2. The van der Waals surface area contributed by atoms with Gasteiger partial charge in [0.1, 0.15) is 9.98 Å². The molecule has 0 unspecified atom stereocenters. The summed E-state index contributed by atoms with van der Waals surface area (Å²) in [6.07, 6.45) is 0.173. The molecule has 0 heterocycles. The van der Waals surface area contributed by atoms with Gasteiger partial charge in [-0.3, -0.25) is 15.2 Å². The monoisotopic (exact) mass is 522 g/mol. The summed E-state index contributed by atoms with van der Waals surface area (Å²) in [5, 5.41) is 5.01.